The second-order valence-corrected chi connectivity index (χ2v) is 13.0. The van der Waals surface area contributed by atoms with E-state index in [1.807, 2.05) is 17.5 Å². The second kappa shape index (κ2) is 13.6. The van der Waals surface area contributed by atoms with Crippen molar-refractivity contribution < 1.29 is 29.0 Å². The van der Waals surface area contributed by atoms with Crippen LogP contribution in [0.25, 0.3) is 21.6 Å². The number of hydrogen-bond acceptors (Lipinski definition) is 8. The van der Waals surface area contributed by atoms with Gasteiger partial charge in [-0.3, -0.25) is 4.79 Å². The highest BCUT2D eigenvalue weighted by Crippen LogP contribution is 2.45. The third kappa shape index (κ3) is 7.01. The van der Waals surface area contributed by atoms with E-state index in [4.69, 9.17) is 31.0 Å². The van der Waals surface area contributed by atoms with Crippen molar-refractivity contribution in [3.63, 3.8) is 0 Å². The van der Waals surface area contributed by atoms with Gasteiger partial charge in [0, 0.05) is 42.8 Å². The Bertz CT molecular complexity index is 1630. The summed E-state index contributed by atoms with van der Waals surface area (Å²) in [6.07, 6.45) is 6.64. The lowest BCUT2D eigenvalue weighted by molar-refractivity contribution is -0.143. The van der Waals surface area contributed by atoms with E-state index in [0.29, 0.717) is 51.1 Å². The molecule has 3 aromatic rings. The molecule has 1 saturated carbocycles. The number of benzene rings is 1. The first-order valence-electron chi connectivity index (χ1n) is 15.0. The maximum Gasteiger partial charge on any atom is 0.330 e. The topological polar surface area (TPSA) is 143 Å². The lowest BCUT2D eigenvalue weighted by atomic mass is 10.1. The van der Waals surface area contributed by atoms with Crippen molar-refractivity contribution in [2.75, 3.05) is 27.3 Å². The minimum absolute atomic E-state index is 0.0306. The number of fused-ring (bicyclic) bond motifs is 2. The molecule has 0 unspecified atom stereocenters. The lowest BCUT2D eigenvalue weighted by Crippen LogP contribution is -2.55. The van der Waals surface area contributed by atoms with E-state index in [2.05, 4.69) is 24.5 Å². The summed E-state index contributed by atoms with van der Waals surface area (Å²) in [6.45, 7) is 4.69. The average Bonchev–Trinajstić information content (AvgIpc) is 3.47. The van der Waals surface area contributed by atoms with E-state index < -0.39 is 29.5 Å². The molecular formula is C32H38ClN5O6S. The van der Waals surface area contributed by atoms with Gasteiger partial charge in [0.05, 0.1) is 24.9 Å². The van der Waals surface area contributed by atoms with Gasteiger partial charge in [-0.1, -0.05) is 37.6 Å². The maximum absolute atomic E-state index is 13.5. The molecule has 0 spiro atoms. The molecular weight excluding hydrogens is 618 g/mol. The van der Waals surface area contributed by atoms with Crippen LogP contribution >= 0.6 is 22.9 Å². The molecule has 5 rings (SSSR count). The molecule has 2 aromatic heterocycles. The Balaban J connectivity index is 1.42. The van der Waals surface area contributed by atoms with Crippen LogP contribution in [0.15, 0.2) is 35.7 Å². The lowest BCUT2D eigenvalue weighted by Gasteiger charge is -2.25. The summed E-state index contributed by atoms with van der Waals surface area (Å²) in [6, 6.07) is 3.87. The number of carboxylic acids is 1. The summed E-state index contributed by atoms with van der Waals surface area (Å²) in [5.41, 5.74) is 0.615. The number of rotatable bonds is 8. The van der Waals surface area contributed by atoms with Crippen LogP contribution in [-0.4, -0.2) is 76.8 Å². The van der Waals surface area contributed by atoms with Crippen LogP contribution in [0.3, 0.4) is 0 Å². The summed E-state index contributed by atoms with van der Waals surface area (Å²) in [5, 5.41) is 19.2. The number of halogens is 1. The Labute approximate surface area is 271 Å². The number of amides is 3. The maximum atomic E-state index is 13.5. The van der Waals surface area contributed by atoms with Gasteiger partial charge in [-0.05, 0) is 43.7 Å². The number of hydrogen-bond donors (Lipinski definition) is 3. The van der Waals surface area contributed by atoms with Crippen molar-refractivity contribution in [2.45, 2.75) is 63.5 Å². The fourth-order valence-corrected chi connectivity index (χ4v) is 6.55. The van der Waals surface area contributed by atoms with E-state index in [1.54, 1.807) is 25.2 Å². The molecule has 1 aromatic carbocycles. The van der Waals surface area contributed by atoms with Gasteiger partial charge in [0.15, 0.2) is 0 Å². The smallest absolute Gasteiger partial charge is 0.330 e. The van der Waals surface area contributed by atoms with Gasteiger partial charge in [0.25, 0.3) is 0 Å². The first-order valence-corrected chi connectivity index (χ1v) is 16.3. The molecule has 1 aliphatic heterocycles. The molecule has 45 heavy (non-hydrogen) atoms. The molecule has 1 fully saturated rings. The van der Waals surface area contributed by atoms with Crippen molar-refractivity contribution in [3.8, 4) is 22.2 Å². The van der Waals surface area contributed by atoms with Gasteiger partial charge in [-0.2, -0.15) is 0 Å². The number of carbonyl (C=O) groups excluding carboxylic acids is 2. The van der Waals surface area contributed by atoms with Gasteiger partial charge in [-0.15, -0.1) is 11.3 Å². The predicted molar refractivity (Wildman–Crippen MR) is 173 cm³/mol. The molecule has 3 atom stereocenters. The number of carboxylic acid groups (broad SMARTS) is 1. The van der Waals surface area contributed by atoms with Crippen molar-refractivity contribution in [2.24, 2.45) is 5.92 Å². The number of allylic oxidation sites excluding steroid dienone is 1. The predicted octanol–water partition coefficient (Wildman–Crippen LogP) is 5.62. The molecule has 0 bridgehead atoms. The molecule has 3 N–H and O–H groups in total. The molecule has 3 heterocycles. The van der Waals surface area contributed by atoms with Crippen LogP contribution in [0, 0.1) is 5.92 Å². The van der Waals surface area contributed by atoms with Crippen LogP contribution in [-0.2, 0) is 9.59 Å². The SMILES string of the molecule is COc1ccc2c(OCC[C@@H]3NC(=O)N(C)CCCCC=C[C@@H]4C[C@@]4(C(=O)O)NC3=O)cc(-c3nc(C(C)C)cs3)nc2c1Cl. The third-order valence-electron chi connectivity index (χ3n) is 8.25. The number of aliphatic carboxylic acids is 1. The summed E-state index contributed by atoms with van der Waals surface area (Å²) in [7, 11) is 3.20. The first-order chi connectivity index (χ1) is 21.5. The monoisotopic (exact) mass is 655 g/mol. The third-order valence-corrected chi connectivity index (χ3v) is 9.50. The van der Waals surface area contributed by atoms with E-state index in [9.17, 15) is 19.5 Å². The zero-order valence-electron chi connectivity index (χ0n) is 25.8. The summed E-state index contributed by atoms with van der Waals surface area (Å²) in [5.74, 6) is -0.792. The Kier molecular flexibility index (Phi) is 9.83. The van der Waals surface area contributed by atoms with Crippen molar-refractivity contribution in [1.82, 2.24) is 25.5 Å². The number of thiazole rings is 1. The highest BCUT2D eigenvalue weighted by molar-refractivity contribution is 7.13. The minimum Gasteiger partial charge on any atom is -0.495 e. The van der Waals surface area contributed by atoms with Gasteiger partial charge in [0.1, 0.15) is 38.8 Å². The van der Waals surface area contributed by atoms with Crippen molar-refractivity contribution >= 4 is 51.7 Å². The average molecular weight is 656 g/mol. The zero-order chi connectivity index (χ0) is 32.3. The van der Waals surface area contributed by atoms with Crippen LogP contribution < -0.4 is 20.1 Å². The Hall–Kier alpha value is -3.90. The first kappa shape index (κ1) is 32.5. The molecule has 11 nitrogen and oxygen atoms in total. The molecule has 240 valence electrons. The fourth-order valence-electron chi connectivity index (χ4n) is 5.32. The number of methoxy groups -OCH3 is 1. The Morgan fingerprint density at radius 3 is 2.76 bits per heavy atom. The van der Waals surface area contributed by atoms with E-state index in [0.717, 1.165) is 25.0 Å². The Morgan fingerprint density at radius 1 is 1.24 bits per heavy atom. The number of pyridine rings is 1. The number of nitrogens with zero attached hydrogens (tertiary/aromatic N) is 3. The van der Waals surface area contributed by atoms with Crippen molar-refractivity contribution in [1.29, 1.82) is 0 Å². The highest BCUT2D eigenvalue weighted by atomic mass is 35.5. The summed E-state index contributed by atoms with van der Waals surface area (Å²) >= 11 is 8.15. The number of nitrogens with one attached hydrogen (secondary N) is 2. The molecule has 2 aliphatic rings. The molecule has 13 heteroatoms. The van der Waals surface area contributed by atoms with Gasteiger partial charge in [0.2, 0.25) is 5.91 Å². The number of aromatic nitrogens is 2. The van der Waals surface area contributed by atoms with E-state index in [-0.39, 0.29) is 24.9 Å². The summed E-state index contributed by atoms with van der Waals surface area (Å²) < 4.78 is 11.7. The molecule has 0 radical (unpaired) electrons. The normalized spacial score (nSPS) is 22.4. The van der Waals surface area contributed by atoms with Gasteiger partial charge < -0.3 is 30.1 Å². The van der Waals surface area contributed by atoms with E-state index in [1.165, 1.54) is 23.3 Å². The zero-order valence-corrected chi connectivity index (χ0v) is 27.3. The van der Waals surface area contributed by atoms with Crippen LogP contribution in [0.5, 0.6) is 11.5 Å². The minimum atomic E-state index is -1.39. The Morgan fingerprint density at radius 2 is 2.04 bits per heavy atom. The quantitative estimate of drug-likeness (QED) is 0.265. The summed E-state index contributed by atoms with van der Waals surface area (Å²) in [4.78, 5) is 49.8. The number of ether oxygens (including phenoxy) is 2. The largest absolute Gasteiger partial charge is 0.495 e. The number of carbonyl (C=O) groups is 3. The van der Waals surface area contributed by atoms with Crippen molar-refractivity contribution in [3.05, 3.63) is 46.4 Å². The van der Waals surface area contributed by atoms with E-state index >= 15 is 0 Å². The molecule has 1 aliphatic carbocycles. The van der Waals surface area contributed by atoms with Gasteiger partial charge in [-0.25, -0.2) is 19.6 Å². The molecule has 3 amide bonds. The fraction of sp³-hybridized carbons (Fsp3) is 0.469. The standard InChI is InChI=1S/C32H38ClN5O6S/c1-18(2)23-17-45-29(35-23)22-15-25(20-10-11-24(43-4)26(33)27(20)34-22)44-14-12-21-28(39)37-32(30(40)41)16-19(32)9-7-5-6-8-13-38(3)31(42)36-21/h7,9-11,15,17-19,21H,5-6,8,12-14,16H2,1-4H3,(H,36,42)(H,37,39)(H,40,41)/t19-,21+,32-/m1/s1. The number of urea groups is 1. The highest BCUT2D eigenvalue weighted by Gasteiger charge is 2.60. The van der Waals surface area contributed by atoms with Crippen LogP contribution in [0.2, 0.25) is 5.02 Å². The van der Waals surface area contributed by atoms with Crippen LogP contribution in [0.1, 0.15) is 57.6 Å². The van der Waals surface area contributed by atoms with Crippen LogP contribution in [0.4, 0.5) is 4.79 Å². The van der Waals surface area contributed by atoms with Gasteiger partial charge >= 0.3 is 12.0 Å². The second-order valence-electron chi connectivity index (χ2n) is 11.8. The molecule has 0 saturated heterocycles.